The first kappa shape index (κ1) is 7.42. The summed E-state index contributed by atoms with van der Waals surface area (Å²) in [6.45, 7) is 2.25. The SMILES string of the molecule is CCCCC1CCSN1. The lowest BCUT2D eigenvalue weighted by Crippen LogP contribution is -2.15. The average Bonchev–Trinajstić information content (AvgIpc) is 2.34. The van der Waals surface area contributed by atoms with E-state index in [0.717, 1.165) is 6.04 Å². The highest BCUT2D eigenvalue weighted by molar-refractivity contribution is 7.97. The van der Waals surface area contributed by atoms with E-state index >= 15 is 0 Å². The van der Waals surface area contributed by atoms with E-state index in [9.17, 15) is 0 Å². The second kappa shape index (κ2) is 4.18. The summed E-state index contributed by atoms with van der Waals surface area (Å²) in [5, 5.41) is 0. The first-order valence-corrected chi connectivity index (χ1v) is 4.79. The Labute approximate surface area is 61.7 Å². The Morgan fingerprint density at radius 1 is 1.67 bits per heavy atom. The molecule has 9 heavy (non-hydrogen) atoms. The minimum atomic E-state index is 0.829. The highest BCUT2D eigenvalue weighted by Gasteiger charge is 2.12. The highest BCUT2D eigenvalue weighted by Crippen LogP contribution is 2.16. The van der Waals surface area contributed by atoms with Crippen LogP contribution < -0.4 is 4.72 Å². The van der Waals surface area contributed by atoms with Gasteiger partial charge in [-0.05, 0) is 12.8 Å². The van der Waals surface area contributed by atoms with Crippen LogP contribution in [0.1, 0.15) is 32.6 Å². The molecule has 1 N–H and O–H groups in total. The molecular formula is C7H15NS. The largest absolute Gasteiger partial charge is 0.261 e. The molecule has 1 atom stereocenters. The van der Waals surface area contributed by atoms with Gasteiger partial charge in [0.1, 0.15) is 0 Å². The van der Waals surface area contributed by atoms with E-state index in [1.807, 2.05) is 11.9 Å². The molecule has 1 heterocycles. The standard InChI is InChI=1S/C7H15NS/c1-2-3-4-7-5-6-9-8-7/h7-8H,2-6H2,1H3. The maximum absolute atomic E-state index is 3.41. The second-order valence-corrected chi connectivity index (χ2v) is 3.53. The highest BCUT2D eigenvalue weighted by atomic mass is 32.2. The van der Waals surface area contributed by atoms with Crippen LogP contribution in [0.3, 0.4) is 0 Å². The van der Waals surface area contributed by atoms with Crippen LogP contribution in [0.25, 0.3) is 0 Å². The molecule has 1 aliphatic heterocycles. The van der Waals surface area contributed by atoms with Crippen molar-refractivity contribution in [3.8, 4) is 0 Å². The van der Waals surface area contributed by atoms with Crippen molar-refractivity contribution in [3.05, 3.63) is 0 Å². The Balaban J connectivity index is 1.98. The van der Waals surface area contributed by atoms with Crippen LogP contribution >= 0.6 is 11.9 Å². The molecule has 1 nitrogen and oxygen atoms in total. The number of hydrogen-bond acceptors (Lipinski definition) is 2. The maximum Gasteiger partial charge on any atom is 0.0180 e. The fourth-order valence-corrected chi connectivity index (χ4v) is 2.08. The Morgan fingerprint density at radius 2 is 2.56 bits per heavy atom. The molecule has 1 aliphatic rings. The Morgan fingerprint density at radius 3 is 3.11 bits per heavy atom. The van der Waals surface area contributed by atoms with Gasteiger partial charge in [-0.25, -0.2) is 0 Å². The quantitative estimate of drug-likeness (QED) is 0.611. The summed E-state index contributed by atoms with van der Waals surface area (Å²) in [4.78, 5) is 0. The number of rotatable bonds is 3. The molecule has 0 amide bonds. The predicted octanol–water partition coefficient (Wildman–Crippen LogP) is 2.19. The second-order valence-electron chi connectivity index (χ2n) is 2.59. The molecule has 0 aromatic rings. The van der Waals surface area contributed by atoms with Crippen molar-refractivity contribution >= 4 is 11.9 Å². The molecule has 1 unspecified atom stereocenters. The van der Waals surface area contributed by atoms with Crippen molar-refractivity contribution in [3.63, 3.8) is 0 Å². The lowest BCUT2D eigenvalue weighted by Gasteiger charge is -2.05. The molecule has 0 aliphatic carbocycles. The summed E-state index contributed by atoms with van der Waals surface area (Å²) in [6.07, 6.45) is 5.48. The first-order valence-electron chi connectivity index (χ1n) is 3.81. The third-order valence-corrected chi connectivity index (χ3v) is 2.66. The van der Waals surface area contributed by atoms with E-state index < -0.39 is 0 Å². The molecular weight excluding hydrogens is 130 g/mol. The van der Waals surface area contributed by atoms with Crippen LogP contribution in [-0.2, 0) is 0 Å². The number of hydrogen-bond donors (Lipinski definition) is 1. The molecule has 0 saturated carbocycles. The molecule has 54 valence electrons. The van der Waals surface area contributed by atoms with Crippen LogP contribution in [0.2, 0.25) is 0 Å². The van der Waals surface area contributed by atoms with E-state index in [1.165, 1.54) is 31.4 Å². The summed E-state index contributed by atoms with van der Waals surface area (Å²) in [5.41, 5.74) is 0. The van der Waals surface area contributed by atoms with Crippen molar-refractivity contribution in [1.82, 2.24) is 4.72 Å². The monoisotopic (exact) mass is 145 g/mol. The minimum absolute atomic E-state index is 0.829. The van der Waals surface area contributed by atoms with Gasteiger partial charge in [0, 0.05) is 11.8 Å². The van der Waals surface area contributed by atoms with Crippen molar-refractivity contribution in [2.75, 3.05) is 5.75 Å². The first-order chi connectivity index (χ1) is 4.43. The van der Waals surface area contributed by atoms with Crippen LogP contribution in [0.15, 0.2) is 0 Å². The fraction of sp³-hybridized carbons (Fsp3) is 1.00. The van der Waals surface area contributed by atoms with E-state index in [-0.39, 0.29) is 0 Å². The van der Waals surface area contributed by atoms with E-state index in [4.69, 9.17) is 0 Å². The smallest absolute Gasteiger partial charge is 0.0180 e. The molecule has 1 fully saturated rings. The Bertz CT molecular complexity index is 69.3. The summed E-state index contributed by atoms with van der Waals surface area (Å²) in [7, 11) is 0. The van der Waals surface area contributed by atoms with Gasteiger partial charge in [-0.15, -0.1) is 0 Å². The molecule has 0 radical (unpaired) electrons. The summed E-state index contributed by atoms with van der Waals surface area (Å²) in [5.74, 6) is 1.31. The van der Waals surface area contributed by atoms with Gasteiger partial charge < -0.3 is 0 Å². The van der Waals surface area contributed by atoms with Gasteiger partial charge in [-0.2, -0.15) is 0 Å². The molecule has 0 aromatic heterocycles. The van der Waals surface area contributed by atoms with Crippen LogP contribution in [0, 0.1) is 0 Å². The molecule has 0 spiro atoms. The van der Waals surface area contributed by atoms with E-state index in [1.54, 1.807) is 0 Å². The van der Waals surface area contributed by atoms with Gasteiger partial charge >= 0.3 is 0 Å². The van der Waals surface area contributed by atoms with Crippen LogP contribution in [-0.4, -0.2) is 11.8 Å². The summed E-state index contributed by atoms with van der Waals surface area (Å²) >= 11 is 1.88. The molecule has 1 saturated heterocycles. The maximum atomic E-state index is 3.41. The average molecular weight is 145 g/mol. The van der Waals surface area contributed by atoms with Crippen molar-refractivity contribution < 1.29 is 0 Å². The minimum Gasteiger partial charge on any atom is -0.261 e. The van der Waals surface area contributed by atoms with Crippen molar-refractivity contribution in [1.29, 1.82) is 0 Å². The Hall–Kier alpha value is 0.310. The van der Waals surface area contributed by atoms with Gasteiger partial charge in [-0.1, -0.05) is 31.7 Å². The predicted molar refractivity (Wildman–Crippen MR) is 43.5 cm³/mol. The number of nitrogens with one attached hydrogen (secondary N) is 1. The molecule has 1 rings (SSSR count). The molecule has 2 heteroatoms. The number of unbranched alkanes of at least 4 members (excludes halogenated alkanes) is 1. The summed E-state index contributed by atoms with van der Waals surface area (Å²) in [6, 6.07) is 0.829. The molecule has 0 aromatic carbocycles. The van der Waals surface area contributed by atoms with Crippen molar-refractivity contribution in [2.45, 2.75) is 38.6 Å². The molecule has 0 bridgehead atoms. The normalized spacial score (nSPS) is 27.0. The van der Waals surface area contributed by atoms with Gasteiger partial charge in [0.25, 0.3) is 0 Å². The zero-order valence-corrected chi connectivity index (χ0v) is 6.84. The van der Waals surface area contributed by atoms with Gasteiger partial charge in [0.05, 0.1) is 0 Å². The fourth-order valence-electron chi connectivity index (χ4n) is 1.09. The van der Waals surface area contributed by atoms with E-state index in [0.29, 0.717) is 0 Å². The topological polar surface area (TPSA) is 12.0 Å². The zero-order chi connectivity index (χ0) is 6.53. The van der Waals surface area contributed by atoms with E-state index in [2.05, 4.69) is 11.6 Å². The third kappa shape index (κ3) is 2.59. The lowest BCUT2D eigenvalue weighted by molar-refractivity contribution is 0.556. The lowest BCUT2D eigenvalue weighted by atomic mass is 10.1. The van der Waals surface area contributed by atoms with Gasteiger partial charge in [0.15, 0.2) is 0 Å². The van der Waals surface area contributed by atoms with Gasteiger partial charge in [0.2, 0.25) is 0 Å². The van der Waals surface area contributed by atoms with Crippen LogP contribution in [0.4, 0.5) is 0 Å². The third-order valence-electron chi connectivity index (χ3n) is 1.72. The van der Waals surface area contributed by atoms with Gasteiger partial charge in [-0.3, -0.25) is 4.72 Å². The van der Waals surface area contributed by atoms with Crippen molar-refractivity contribution in [2.24, 2.45) is 0 Å². The van der Waals surface area contributed by atoms with Crippen LogP contribution in [0.5, 0.6) is 0 Å². The zero-order valence-electron chi connectivity index (χ0n) is 6.02. The Kier molecular flexibility index (Phi) is 3.44. The summed E-state index contributed by atoms with van der Waals surface area (Å²) < 4.78 is 3.41.